The fraction of sp³-hybridized carbons (Fsp3) is 0.588. The Morgan fingerprint density at radius 1 is 1.15 bits per heavy atom. The first-order valence-corrected chi connectivity index (χ1v) is 7.26. The minimum Gasteiger partial charge on any atom is -0.480 e. The van der Waals surface area contributed by atoms with Crippen LogP contribution in [0.25, 0.3) is 0 Å². The Kier molecular flexibility index (Phi) is 5.75. The van der Waals surface area contributed by atoms with Gasteiger partial charge in [-0.05, 0) is 50.3 Å². The van der Waals surface area contributed by atoms with E-state index in [0.29, 0.717) is 5.92 Å². The van der Waals surface area contributed by atoms with E-state index in [9.17, 15) is 4.79 Å². The molecule has 0 aliphatic heterocycles. The molecule has 0 saturated heterocycles. The minimum absolute atomic E-state index is 0.0894. The van der Waals surface area contributed by atoms with E-state index in [-0.39, 0.29) is 12.6 Å². The highest BCUT2D eigenvalue weighted by Crippen LogP contribution is 2.28. The average molecular weight is 277 g/mol. The Balaban J connectivity index is 3.11. The van der Waals surface area contributed by atoms with E-state index in [1.807, 2.05) is 0 Å². The van der Waals surface area contributed by atoms with Crippen LogP contribution in [0, 0.1) is 26.7 Å². The van der Waals surface area contributed by atoms with E-state index in [1.54, 1.807) is 0 Å². The second kappa shape index (κ2) is 6.89. The normalized spacial score (nSPS) is 13.0. The molecule has 1 aromatic rings. The van der Waals surface area contributed by atoms with Crippen molar-refractivity contribution in [2.45, 2.75) is 47.6 Å². The summed E-state index contributed by atoms with van der Waals surface area (Å²) in [7, 11) is 0. The second-order valence-electron chi connectivity index (χ2n) is 6.21. The Labute approximate surface area is 122 Å². The third-order valence-electron chi connectivity index (χ3n) is 3.64. The zero-order chi connectivity index (χ0) is 15.4. The summed E-state index contributed by atoms with van der Waals surface area (Å²) in [6, 6.07) is 4.47. The molecular weight excluding hydrogens is 250 g/mol. The molecule has 3 heteroatoms. The van der Waals surface area contributed by atoms with Crippen LogP contribution in [0.1, 0.15) is 49.1 Å². The molecule has 0 radical (unpaired) electrons. The Morgan fingerprint density at radius 2 is 1.65 bits per heavy atom. The molecule has 0 aromatic heterocycles. The summed E-state index contributed by atoms with van der Waals surface area (Å²) >= 11 is 0. The predicted octanol–water partition coefficient (Wildman–Crippen LogP) is 3.72. The first-order valence-electron chi connectivity index (χ1n) is 7.26. The van der Waals surface area contributed by atoms with Crippen molar-refractivity contribution in [2.75, 3.05) is 13.1 Å². The standard InChI is InChI=1S/C17H27NO2/c1-11(2)9-18(10-16(19)20)15(6)17-13(4)7-12(3)8-14(17)5/h7-8,11,15H,9-10H2,1-6H3,(H,19,20). The Hall–Kier alpha value is -1.35. The number of hydrogen-bond acceptors (Lipinski definition) is 2. The molecule has 0 aliphatic rings. The fourth-order valence-corrected chi connectivity index (χ4v) is 3.04. The highest BCUT2D eigenvalue weighted by atomic mass is 16.4. The lowest BCUT2D eigenvalue weighted by atomic mass is 9.93. The van der Waals surface area contributed by atoms with Gasteiger partial charge in [-0.3, -0.25) is 9.69 Å². The van der Waals surface area contributed by atoms with Gasteiger partial charge in [-0.15, -0.1) is 0 Å². The van der Waals surface area contributed by atoms with Crippen molar-refractivity contribution in [3.05, 3.63) is 34.4 Å². The van der Waals surface area contributed by atoms with Gasteiger partial charge < -0.3 is 5.11 Å². The Morgan fingerprint density at radius 3 is 2.05 bits per heavy atom. The van der Waals surface area contributed by atoms with Gasteiger partial charge in [0.05, 0.1) is 6.54 Å². The maximum atomic E-state index is 11.1. The third-order valence-corrected chi connectivity index (χ3v) is 3.64. The van der Waals surface area contributed by atoms with Gasteiger partial charge in [0.25, 0.3) is 0 Å². The molecular formula is C17H27NO2. The summed E-state index contributed by atoms with van der Waals surface area (Å²) in [4.78, 5) is 13.2. The van der Waals surface area contributed by atoms with Crippen LogP contribution in [0.2, 0.25) is 0 Å². The quantitative estimate of drug-likeness (QED) is 0.861. The van der Waals surface area contributed by atoms with Crippen LogP contribution < -0.4 is 0 Å². The molecule has 1 unspecified atom stereocenters. The Bertz CT molecular complexity index is 457. The van der Waals surface area contributed by atoms with Gasteiger partial charge in [-0.25, -0.2) is 0 Å². The van der Waals surface area contributed by atoms with Gasteiger partial charge in [0.15, 0.2) is 0 Å². The molecule has 1 aromatic carbocycles. The molecule has 0 spiro atoms. The van der Waals surface area contributed by atoms with Crippen LogP contribution in [0.4, 0.5) is 0 Å². The number of rotatable bonds is 6. The summed E-state index contributed by atoms with van der Waals surface area (Å²) in [5.74, 6) is -0.317. The lowest BCUT2D eigenvalue weighted by Crippen LogP contribution is -2.35. The molecule has 0 fully saturated rings. The molecule has 0 amide bonds. The van der Waals surface area contributed by atoms with E-state index in [0.717, 1.165) is 6.54 Å². The summed E-state index contributed by atoms with van der Waals surface area (Å²) in [5.41, 5.74) is 5.00. The van der Waals surface area contributed by atoms with E-state index in [2.05, 4.69) is 58.6 Å². The van der Waals surface area contributed by atoms with Gasteiger partial charge in [-0.2, -0.15) is 0 Å². The highest BCUT2D eigenvalue weighted by Gasteiger charge is 2.22. The highest BCUT2D eigenvalue weighted by molar-refractivity contribution is 5.69. The first kappa shape index (κ1) is 16.7. The smallest absolute Gasteiger partial charge is 0.317 e. The lowest BCUT2D eigenvalue weighted by Gasteiger charge is -2.31. The van der Waals surface area contributed by atoms with Crippen LogP contribution in [0.3, 0.4) is 0 Å². The van der Waals surface area contributed by atoms with Gasteiger partial charge in [0.2, 0.25) is 0 Å². The number of carboxylic acid groups (broad SMARTS) is 1. The van der Waals surface area contributed by atoms with Gasteiger partial charge in [-0.1, -0.05) is 31.5 Å². The zero-order valence-electron chi connectivity index (χ0n) is 13.5. The number of benzene rings is 1. The number of nitrogens with zero attached hydrogens (tertiary/aromatic N) is 1. The summed E-state index contributed by atoms with van der Waals surface area (Å²) < 4.78 is 0. The minimum atomic E-state index is -0.764. The fourth-order valence-electron chi connectivity index (χ4n) is 3.04. The van der Waals surface area contributed by atoms with Crippen molar-refractivity contribution in [1.82, 2.24) is 4.90 Å². The van der Waals surface area contributed by atoms with E-state index in [4.69, 9.17) is 5.11 Å². The van der Waals surface area contributed by atoms with E-state index >= 15 is 0 Å². The van der Waals surface area contributed by atoms with Gasteiger partial charge >= 0.3 is 5.97 Å². The van der Waals surface area contributed by atoms with Crippen LogP contribution in [0.15, 0.2) is 12.1 Å². The van der Waals surface area contributed by atoms with Crippen molar-refractivity contribution < 1.29 is 9.90 Å². The summed E-state index contributed by atoms with van der Waals surface area (Å²) in [6.07, 6.45) is 0. The zero-order valence-corrected chi connectivity index (χ0v) is 13.5. The lowest BCUT2D eigenvalue weighted by molar-refractivity contribution is -0.139. The molecule has 3 nitrogen and oxygen atoms in total. The number of carbonyl (C=O) groups is 1. The molecule has 0 aliphatic carbocycles. The largest absolute Gasteiger partial charge is 0.480 e. The van der Waals surface area contributed by atoms with Crippen molar-refractivity contribution in [2.24, 2.45) is 5.92 Å². The van der Waals surface area contributed by atoms with Gasteiger partial charge in [0.1, 0.15) is 0 Å². The molecule has 1 atom stereocenters. The maximum absolute atomic E-state index is 11.1. The molecule has 1 rings (SSSR count). The average Bonchev–Trinajstić information content (AvgIpc) is 2.24. The SMILES string of the molecule is Cc1cc(C)c(C(C)N(CC(=O)O)CC(C)C)c(C)c1. The molecule has 0 bridgehead atoms. The number of hydrogen-bond donors (Lipinski definition) is 1. The monoisotopic (exact) mass is 277 g/mol. The molecule has 0 saturated carbocycles. The summed E-state index contributed by atoms with van der Waals surface area (Å²) in [5, 5.41) is 9.13. The molecule has 0 heterocycles. The van der Waals surface area contributed by atoms with Crippen LogP contribution in [-0.4, -0.2) is 29.1 Å². The second-order valence-corrected chi connectivity index (χ2v) is 6.21. The third kappa shape index (κ3) is 4.34. The van der Waals surface area contributed by atoms with Gasteiger partial charge in [0, 0.05) is 12.6 Å². The molecule has 112 valence electrons. The molecule has 1 N–H and O–H groups in total. The predicted molar refractivity (Wildman–Crippen MR) is 83.1 cm³/mol. The van der Waals surface area contributed by atoms with Crippen molar-refractivity contribution in [3.8, 4) is 0 Å². The number of carboxylic acids is 1. The van der Waals surface area contributed by atoms with Crippen molar-refractivity contribution >= 4 is 5.97 Å². The molecule has 20 heavy (non-hydrogen) atoms. The van der Waals surface area contributed by atoms with Crippen molar-refractivity contribution in [3.63, 3.8) is 0 Å². The van der Waals surface area contributed by atoms with E-state index in [1.165, 1.54) is 22.3 Å². The number of aliphatic carboxylic acids is 1. The van der Waals surface area contributed by atoms with Crippen molar-refractivity contribution in [1.29, 1.82) is 0 Å². The topological polar surface area (TPSA) is 40.5 Å². The van der Waals surface area contributed by atoms with Crippen LogP contribution >= 0.6 is 0 Å². The first-order chi connectivity index (χ1) is 9.22. The van der Waals surface area contributed by atoms with E-state index < -0.39 is 5.97 Å². The van der Waals surface area contributed by atoms with Crippen LogP contribution in [-0.2, 0) is 4.79 Å². The van der Waals surface area contributed by atoms with Crippen LogP contribution in [0.5, 0.6) is 0 Å². The maximum Gasteiger partial charge on any atom is 0.317 e. The summed E-state index contributed by atoms with van der Waals surface area (Å²) in [6.45, 7) is 13.5. The number of aryl methyl sites for hydroxylation is 3.